The molecule has 0 saturated heterocycles. The second kappa shape index (κ2) is 7.94. The van der Waals surface area contributed by atoms with E-state index in [4.69, 9.17) is 0 Å². The molecule has 0 bridgehead atoms. The van der Waals surface area contributed by atoms with Gasteiger partial charge in [0.05, 0.1) is 0 Å². The Kier molecular flexibility index (Phi) is 5.64. The van der Waals surface area contributed by atoms with Crippen molar-refractivity contribution in [2.24, 2.45) is 5.92 Å². The average molecular weight is 468 g/mol. The summed E-state index contributed by atoms with van der Waals surface area (Å²) in [6.07, 6.45) is 1.34. The van der Waals surface area contributed by atoms with Crippen molar-refractivity contribution in [1.82, 2.24) is 25.5 Å². The average Bonchev–Trinajstić information content (AvgIpc) is 3.04. The molecule has 1 aromatic carbocycles. The number of aromatic nitrogens is 4. The van der Waals surface area contributed by atoms with E-state index >= 15 is 0 Å². The van der Waals surface area contributed by atoms with Crippen molar-refractivity contribution in [1.29, 1.82) is 0 Å². The van der Waals surface area contributed by atoms with Gasteiger partial charge in [0.25, 0.3) is 5.91 Å². The van der Waals surface area contributed by atoms with Crippen LogP contribution in [0.4, 0.5) is 10.2 Å². The monoisotopic (exact) mass is 468 g/mol. The van der Waals surface area contributed by atoms with Crippen LogP contribution >= 0.6 is 22.6 Å². The van der Waals surface area contributed by atoms with E-state index in [1.807, 2.05) is 22.6 Å². The molecule has 3 aromatic rings. The van der Waals surface area contributed by atoms with Crippen LogP contribution in [0.15, 0.2) is 24.5 Å². The van der Waals surface area contributed by atoms with Gasteiger partial charge in [0.1, 0.15) is 23.2 Å². The molecule has 2 aromatic heterocycles. The lowest BCUT2D eigenvalue weighted by atomic mass is 10.2. The number of nitrogens with zero attached hydrogens (tertiary/aromatic N) is 3. The second-order valence-electron chi connectivity index (χ2n) is 6.22. The number of hydrogen-bond donors (Lipinski definition) is 3. The molecular weight excluding hydrogens is 450 g/mol. The summed E-state index contributed by atoms with van der Waals surface area (Å²) >= 11 is 1.92. The molecule has 0 radical (unpaired) electrons. The van der Waals surface area contributed by atoms with Gasteiger partial charge in [-0.05, 0) is 46.2 Å². The summed E-state index contributed by atoms with van der Waals surface area (Å²) in [5.74, 6) is 0.413. The van der Waals surface area contributed by atoms with Crippen LogP contribution in [0.3, 0.4) is 0 Å². The Bertz CT molecular complexity index is 942. The van der Waals surface area contributed by atoms with E-state index in [-0.39, 0.29) is 24.0 Å². The highest BCUT2D eigenvalue weighted by Crippen LogP contribution is 2.20. The molecule has 3 N–H and O–H groups in total. The Balaban J connectivity index is 1.76. The Labute approximate surface area is 163 Å². The number of carbonyl (C=O) groups is 1. The van der Waals surface area contributed by atoms with Crippen molar-refractivity contribution in [2.45, 2.75) is 20.4 Å². The van der Waals surface area contributed by atoms with Crippen LogP contribution < -0.4 is 10.6 Å². The Morgan fingerprint density at radius 2 is 2.15 bits per heavy atom. The fourth-order valence-electron chi connectivity index (χ4n) is 2.35. The number of amides is 1. The van der Waals surface area contributed by atoms with Gasteiger partial charge in [0, 0.05) is 16.7 Å². The topological polar surface area (TPSA) is 95.6 Å². The standard InChI is InChI=1S/C17H18FIN6O/c1-9(2)6-20-16-14-13(24-25-16)15(23-8-22-14)17(26)21-7-10-3-4-11(18)12(19)5-10/h3-5,8-9H,6-7H2,1-2H3,(H,21,26)(H2,20,24,25). The summed E-state index contributed by atoms with van der Waals surface area (Å²) < 4.78 is 13.8. The van der Waals surface area contributed by atoms with E-state index in [2.05, 4.69) is 44.6 Å². The number of rotatable bonds is 6. The molecule has 26 heavy (non-hydrogen) atoms. The quantitative estimate of drug-likeness (QED) is 0.484. The van der Waals surface area contributed by atoms with E-state index in [9.17, 15) is 9.18 Å². The van der Waals surface area contributed by atoms with Crippen molar-refractivity contribution in [3.05, 3.63) is 45.2 Å². The van der Waals surface area contributed by atoms with E-state index in [0.717, 1.165) is 12.1 Å². The van der Waals surface area contributed by atoms with Gasteiger partial charge >= 0.3 is 0 Å². The number of H-pyrrole nitrogens is 1. The van der Waals surface area contributed by atoms with Crippen LogP contribution in [0.5, 0.6) is 0 Å². The molecule has 0 aliphatic carbocycles. The van der Waals surface area contributed by atoms with E-state index in [1.54, 1.807) is 12.1 Å². The summed E-state index contributed by atoms with van der Waals surface area (Å²) in [6, 6.07) is 4.71. The summed E-state index contributed by atoms with van der Waals surface area (Å²) in [5, 5.41) is 13.0. The van der Waals surface area contributed by atoms with Crippen LogP contribution in [0.25, 0.3) is 11.0 Å². The second-order valence-corrected chi connectivity index (χ2v) is 7.39. The highest BCUT2D eigenvalue weighted by atomic mass is 127. The van der Waals surface area contributed by atoms with Gasteiger partial charge in [-0.1, -0.05) is 19.9 Å². The Morgan fingerprint density at radius 1 is 1.35 bits per heavy atom. The summed E-state index contributed by atoms with van der Waals surface area (Å²) in [4.78, 5) is 20.8. The van der Waals surface area contributed by atoms with E-state index in [0.29, 0.717) is 26.3 Å². The molecule has 3 rings (SSSR count). The normalized spacial score (nSPS) is 11.1. The highest BCUT2D eigenvalue weighted by Gasteiger charge is 2.17. The van der Waals surface area contributed by atoms with Gasteiger partial charge in [-0.2, -0.15) is 5.10 Å². The molecule has 0 saturated carbocycles. The zero-order valence-electron chi connectivity index (χ0n) is 14.3. The third-order valence-corrected chi connectivity index (χ3v) is 4.51. The lowest BCUT2D eigenvalue weighted by Crippen LogP contribution is -2.24. The molecule has 0 atom stereocenters. The third kappa shape index (κ3) is 4.09. The van der Waals surface area contributed by atoms with Crippen molar-refractivity contribution < 1.29 is 9.18 Å². The number of benzene rings is 1. The van der Waals surface area contributed by atoms with Crippen LogP contribution in [0, 0.1) is 15.3 Å². The van der Waals surface area contributed by atoms with Gasteiger partial charge in [-0.15, -0.1) is 0 Å². The first-order chi connectivity index (χ1) is 12.5. The van der Waals surface area contributed by atoms with Crippen molar-refractivity contribution in [3.63, 3.8) is 0 Å². The number of nitrogens with one attached hydrogen (secondary N) is 3. The predicted molar refractivity (Wildman–Crippen MR) is 105 cm³/mol. The minimum absolute atomic E-state index is 0.219. The molecule has 7 nitrogen and oxygen atoms in total. The lowest BCUT2D eigenvalue weighted by Gasteiger charge is -2.07. The van der Waals surface area contributed by atoms with Crippen molar-refractivity contribution in [2.75, 3.05) is 11.9 Å². The van der Waals surface area contributed by atoms with Gasteiger partial charge in [0.2, 0.25) is 0 Å². The van der Waals surface area contributed by atoms with Gasteiger partial charge < -0.3 is 10.6 Å². The maximum atomic E-state index is 13.3. The molecule has 0 aliphatic heterocycles. The van der Waals surface area contributed by atoms with Crippen molar-refractivity contribution >= 4 is 45.3 Å². The fraction of sp³-hybridized carbons (Fsp3) is 0.294. The highest BCUT2D eigenvalue weighted by molar-refractivity contribution is 14.1. The van der Waals surface area contributed by atoms with Crippen LogP contribution in [0.1, 0.15) is 29.9 Å². The largest absolute Gasteiger partial charge is 0.367 e. The minimum Gasteiger partial charge on any atom is -0.367 e. The molecule has 0 spiro atoms. The molecule has 2 heterocycles. The first kappa shape index (κ1) is 18.5. The van der Waals surface area contributed by atoms with E-state index < -0.39 is 0 Å². The summed E-state index contributed by atoms with van der Waals surface area (Å²) in [6.45, 7) is 5.19. The molecule has 136 valence electrons. The molecule has 0 aliphatic rings. The molecule has 0 unspecified atom stereocenters. The molecule has 9 heteroatoms. The summed E-state index contributed by atoms with van der Waals surface area (Å²) in [7, 11) is 0. The first-order valence-corrected chi connectivity index (χ1v) is 9.18. The lowest BCUT2D eigenvalue weighted by molar-refractivity contribution is 0.0947. The SMILES string of the molecule is CC(C)CNc1n[nH]c2c(C(=O)NCc3ccc(F)c(I)c3)ncnc12. The molecular formula is C17H18FIN6O. The van der Waals surface area contributed by atoms with Crippen LogP contribution in [-0.4, -0.2) is 32.6 Å². The zero-order chi connectivity index (χ0) is 18.7. The number of fused-ring (bicyclic) bond motifs is 1. The maximum Gasteiger partial charge on any atom is 0.272 e. The number of aromatic amines is 1. The van der Waals surface area contributed by atoms with Gasteiger partial charge in [0.15, 0.2) is 11.5 Å². The van der Waals surface area contributed by atoms with Crippen LogP contribution in [0.2, 0.25) is 0 Å². The maximum absolute atomic E-state index is 13.3. The molecule has 0 fully saturated rings. The van der Waals surface area contributed by atoms with Gasteiger partial charge in [-0.25, -0.2) is 14.4 Å². The Hall–Kier alpha value is -2.30. The van der Waals surface area contributed by atoms with Crippen molar-refractivity contribution in [3.8, 4) is 0 Å². The predicted octanol–water partition coefficient (Wildman–Crippen LogP) is 3.09. The first-order valence-electron chi connectivity index (χ1n) is 8.10. The summed E-state index contributed by atoms with van der Waals surface area (Å²) in [5.41, 5.74) is 2.07. The number of carbonyl (C=O) groups excluding carboxylic acids is 1. The third-order valence-electron chi connectivity index (χ3n) is 3.68. The van der Waals surface area contributed by atoms with Gasteiger partial charge in [-0.3, -0.25) is 9.89 Å². The number of halogens is 2. The van der Waals surface area contributed by atoms with Crippen LogP contribution in [-0.2, 0) is 6.54 Å². The minimum atomic E-state index is -0.351. The zero-order valence-corrected chi connectivity index (χ0v) is 16.5. The van der Waals surface area contributed by atoms with E-state index in [1.165, 1.54) is 12.4 Å². The fourth-order valence-corrected chi connectivity index (χ4v) is 2.93. The Morgan fingerprint density at radius 3 is 2.88 bits per heavy atom. The number of hydrogen-bond acceptors (Lipinski definition) is 5. The smallest absolute Gasteiger partial charge is 0.272 e. The number of anilines is 1. The molecule has 1 amide bonds.